The van der Waals surface area contributed by atoms with Crippen LogP contribution < -0.4 is 9.47 Å². The third-order valence-corrected chi connectivity index (χ3v) is 5.67. The van der Waals surface area contributed by atoms with E-state index in [0.717, 1.165) is 54.3 Å². The summed E-state index contributed by atoms with van der Waals surface area (Å²) in [7, 11) is 3.30. The van der Waals surface area contributed by atoms with Crippen molar-refractivity contribution >= 4 is 31.9 Å². The Morgan fingerprint density at radius 3 is 1.97 bits per heavy atom. The van der Waals surface area contributed by atoms with Crippen molar-refractivity contribution < 1.29 is 9.47 Å². The molecule has 0 atom stereocenters. The molecule has 4 rings (SSSR count). The summed E-state index contributed by atoms with van der Waals surface area (Å²) < 4.78 is 13.0. The Hall–Kier alpha value is -2.57. The summed E-state index contributed by atoms with van der Waals surface area (Å²) in [6.45, 7) is 0. The van der Waals surface area contributed by atoms with Gasteiger partial charge in [-0.15, -0.1) is 0 Å². The minimum Gasteiger partial charge on any atom is -0.497 e. The lowest BCUT2D eigenvalue weighted by Gasteiger charge is -2.08. The Labute approximate surface area is 186 Å². The van der Waals surface area contributed by atoms with Crippen LogP contribution in [0.15, 0.2) is 75.7 Å². The van der Waals surface area contributed by atoms with Crippen molar-refractivity contribution in [1.29, 1.82) is 0 Å². The molecule has 0 fully saturated rings. The number of hydrogen-bond donors (Lipinski definition) is 1. The van der Waals surface area contributed by atoms with Gasteiger partial charge in [-0.3, -0.25) is 0 Å². The predicted molar refractivity (Wildman–Crippen MR) is 123 cm³/mol. The number of H-pyrrole nitrogens is 1. The average molecular weight is 514 g/mol. The van der Waals surface area contributed by atoms with Gasteiger partial charge in [-0.05, 0) is 42.5 Å². The Morgan fingerprint density at radius 2 is 1.38 bits per heavy atom. The van der Waals surface area contributed by atoms with Crippen LogP contribution in [-0.4, -0.2) is 24.2 Å². The maximum absolute atomic E-state index is 5.56. The van der Waals surface area contributed by atoms with E-state index >= 15 is 0 Å². The highest BCUT2D eigenvalue weighted by molar-refractivity contribution is 9.10. The van der Waals surface area contributed by atoms with E-state index in [4.69, 9.17) is 14.5 Å². The summed E-state index contributed by atoms with van der Waals surface area (Å²) in [5.41, 5.74) is 4.73. The Morgan fingerprint density at radius 1 is 0.759 bits per heavy atom. The molecule has 1 N–H and O–H groups in total. The van der Waals surface area contributed by atoms with E-state index in [0.29, 0.717) is 0 Å². The predicted octanol–water partition coefficient (Wildman–Crippen LogP) is 6.95. The second-order valence-corrected chi connectivity index (χ2v) is 8.22. The molecule has 146 valence electrons. The summed E-state index contributed by atoms with van der Waals surface area (Å²) in [5, 5.41) is 0. The van der Waals surface area contributed by atoms with E-state index < -0.39 is 0 Å². The smallest absolute Gasteiger partial charge is 0.142 e. The first-order valence-electron chi connectivity index (χ1n) is 8.93. The molecule has 6 heteroatoms. The zero-order valence-electron chi connectivity index (χ0n) is 15.9. The number of benzene rings is 3. The van der Waals surface area contributed by atoms with Gasteiger partial charge in [0.15, 0.2) is 0 Å². The summed E-state index contributed by atoms with van der Waals surface area (Å²) >= 11 is 7.01. The van der Waals surface area contributed by atoms with Crippen LogP contribution in [0.25, 0.3) is 33.9 Å². The Bertz CT molecular complexity index is 1070. The second kappa shape index (κ2) is 8.43. The Balaban J connectivity index is 1.92. The van der Waals surface area contributed by atoms with Crippen LogP contribution in [0.3, 0.4) is 0 Å². The second-order valence-electron chi connectivity index (χ2n) is 6.39. The molecule has 1 heterocycles. The minimum absolute atomic E-state index is 0.719. The highest BCUT2D eigenvalue weighted by atomic mass is 79.9. The number of hydrogen-bond acceptors (Lipinski definition) is 3. The third kappa shape index (κ3) is 4.09. The zero-order valence-corrected chi connectivity index (χ0v) is 19.0. The number of ether oxygens (including phenoxy) is 2. The lowest BCUT2D eigenvalue weighted by atomic mass is 10.1. The number of imidazole rings is 1. The largest absolute Gasteiger partial charge is 0.497 e. The molecule has 0 saturated heterocycles. The molecular formula is C23H18Br2N2O2. The molecule has 29 heavy (non-hydrogen) atoms. The first kappa shape index (κ1) is 19.7. The van der Waals surface area contributed by atoms with Gasteiger partial charge in [0.25, 0.3) is 0 Å². The van der Waals surface area contributed by atoms with Crippen molar-refractivity contribution in [2.45, 2.75) is 0 Å². The lowest BCUT2D eigenvalue weighted by Crippen LogP contribution is -1.91. The summed E-state index contributed by atoms with van der Waals surface area (Å²) in [6.07, 6.45) is 0. The number of nitrogens with zero attached hydrogens (tertiary/aromatic N) is 1. The fourth-order valence-corrected chi connectivity index (χ4v) is 3.67. The highest BCUT2D eigenvalue weighted by Crippen LogP contribution is 2.38. The topological polar surface area (TPSA) is 47.1 Å². The maximum Gasteiger partial charge on any atom is 0.142 e. The average Bonchev–Trinajstić information content (AvgIpc) is 3.19. The molecule has 0 amide bonds. The molecule has 0 aliphatic heterocycles. The van der Waals surface area contributed by atoms with Crippen molar-refractivity contribution in [3.63, 3.8) is 0 Å². The van der Waals surface area contributed by atoms with Gasteiger partial charge in [-0.1, -0.05) is 56.1 Å². The van der Waals surface area contributed by atoms with E-state index in [1.165, 1.54) is 0 Å². The molecule has 4 aromatic rings. The standard InChI is InChI=1S/C23H18Br2N2O2/c1-28-18-11-12-20(29-2)19(13-18)23-26-21(14-3-7-16(24)8-4-14)22(27-23)15-5-9-17(25)10-6-15/h3-13H,1-2H3,(H,26,27). The van der Waals surface area contributed by atoms with Gasteiger partial charge in [-0.2, -0.15) is 0 Å². The number of aromatic nitrogens is 2. The van der Waals surface area contributed by atoms with E-state index in [-0.39, 0.29) is 0 Å². The monoisotopic (exact) mass is 512 g/mol. The van der Waals surface area contributed by atoms with E-state index in [9.17, 15) is 0 Å². The summed E-state index contributed by atoms with van der Waals surface area (Å²) in [4.78, 5) is 8.44. The summed E-state index contributed by atoms with van der Waals surface area (Å²) in [6, 6.07) is 22.0. The van der Waals surface area contributed by atoms with Gasteiger partial charge in [-0.25, -0.2) is 4.98 Å². The lowest BCUT2D eigenvalue weighted by molar-refractivity contribution is 0.404. The van der Waals surface area contributed by atoms with Gasteiger partial charge in [0.1, 0.15) is 17.3 Å². The van der Waals surface area contributed by atoms with Crippen molar-refractivity contribution in [2.24, 2.45) is 0 Å². The quantitative estimate of drug-likeness (QED) is 0.314. The molecule has 0 unspecified atom stereocenters. The van der Waals surface area contributed by atoms with E-state index in [1.54, 1.807) is 14.2 Å². The molecule has 0 bridgehead atoms. The number of halogens is 2. The fraction of sp³-hybridized carbons (Fsp3) is 0.0870. The van der Waals surface area contributed by atoms with Gasteiger partial charge < -0.3 is 14.5 Å². The maximum atomic E-state index is 5.56. The van der Waals surface area contributed by atoms with Crippen LogP contribution in [0.2, 0.25) is 0 Å². The van der Waals surface area contributed by atoms with Gasteiger partial charge in [0.05, 0.1) is 31.2 Å². The zero-order chi connectivity index (χ0) is 20.4. The molecule has 0 aliphatic carbocycles. The van der Waals surface area contributed by atoms with Crippen molar-refractivity contribution in [1.82, 2.24) is 9.97 Å². The van der Waals surface area contributed by atoms with Gasteiger partial charge in [0.2, 0.25) is 0 Å². The molecule has 0 aliphatic rings. The molecule has 4 nitrogen and oxygen atoms in total. The van der Waals surface area contributed by atoms with E-state index in [1.807, 2.05) is 42.5 Å². The number of aromatic amines is 1. The molecule has 0 saturated carbocycles. The number of methoxy groups -OCH3 is 2. The molecule has 0 radical (unpaired) electrons. The van der Waals surface area contributed by atoms with Crippen LogP contribution in [0.5, 0.6) is 11.5 Å². The van der Waals surface area contributed by atoms with Crippen molar-refractivity contribution in [3.05, 3.63) is 75.7 Å². The minimum atomic E-state index is 0.719. The van der Waals surface area contributed by atoms with Crippen LogP contribution in [0.4, 0.5) is 0 Å². The SMILES string of the molecule is COc1ccc(OC)c(-c2nc(-c3ccc(Br)cc3)c(-c3ccc(Br)cc3)[nH]2)c1. The van der Waals surface area contributed by atoms with Crippen molar-refractivity contribution in [3.8, 4) is 45.4 Å². The normalized spacial score (nSPS) is 10.8. The number of nitrogens with one attached hydrogen (secondary N) is 1. The number of rotatable bonds is 5. The highest BCUT2D eigenvalue weighted by Gasteiger charge is 2.18. The van der Waals surface area contributed by atoms with Crippen LogP contribution in [0.1, 0.15) is 0 Å². The third-order valence-electron chi connectivity index (χ3n) is 4.62. The molecule has 1 aromatic heterocycles. The van der Waals surface area contributed by atoms with E-state index in [2.05, 4.69) is 61.1 Å². The summed E-state index contributed by atoms with van der Waals surface area (Å²) in [5.74, 6) is 2.19. The molecule has 3 aromatic carbocycles. The van der Waals surface area contributed by atoms with Crippen LogP contribution in [0, 0.1) is 0 Å². The van der Waals surface area contributed by atoms with Gasteiger partial charge >= 0.3 is 0 Å². The van der Waals surface area contributed by atoms with Crippen LogP contribution in [-0.2, 0) is 0 Å². The first-order chi connectivity index (χ1) is 14.1. The van der Waals surface area contributed by atoms with Gasteiger partial charge in [0, 0.05) is 20.1 Å². The molecular weight excluding hydrogens is 496 g/mol. The van der Waals surface area contributed by atoms with Crippen molar-refractivity contribution in [2.75, 3.05) is 14.2 Å². The van der Waals surface area contributed by atoms with Crippen LogP contribution >= 0.6 is 31.9 Å². The Kier molecular flexibility index (Phi) is 5.74. The first-order valence-corrected chi connectivity index (χ1v) is 10.5. The fourth-order valence-electron chi connectivity index (χ4n) is 3.14. The molecule has 0 spiro atoms.